The number of hydrogen-bond acceptors (Lipinski definition) is 4. The van der Waals surface area contributed by atoms with Gasteiger partial charge in [-0.05, 0) is 6.42 Å². The molecule has 5 heteroatoms. The van der Waals surface area contributed by atoms with Gasteiger partial charge in [-0.3, -0.25) is 19.7 Å². The van der Waals surface area contributed by atoms with Crippen molar-refractivity contribution in [2.45, 2.75) is 19.8 Å². The van der Waals surface area contributed by atoms with Crippen LogP contribution in [0.25, 0.3) is 0 Å². The van der Waals surface area contributed by atoms with Gasteiger partial charge < -0.3 is 4.74 Å². The van der Waals surface area contributed by atoms with E-state index in [0.717, 1.165) is 0 Å². The molecule has 0 saturated carbocycles. The fourth-order valence-electron chi connectivity index (χ4n) is 1.19. The van der Waals surface area contributed by atoms with E-state index < -0.39 is 0 Å². The third-order valence-corrected chi connectivity index (χ3v) is 1.84. The van der Waals surface area contributed by atoms with Gasteiger partial charge in [0.25, 0.3) is 0 Å². The molecule has 0 bridgehead atoms. The standard InChI is InChI=1S/C8H11NO4/c1-5(10)13-3-2-6-4-7(11)9-8(6)12/h6H,2-4H2,1H3,(H,9,11,12). The molecule has 1 N–H and O–H groups in total. The van der Waals surface area contributed by atoms with Gasteiger partial charge >= 0.3 is 5.97 Å². The third-order valence-electron chi connectivity index (χ3n) is 1.84. The number of nitrogens with one attached hydrogen (secondary N) is 1. The van der Waals surface area contributed by atoms with Crippen LogP contribution in [0.3, 0.4) is 0 Å². The van der Waals surface area contributed by atoms with E-state index in [0.29, 0.717) is 6.42 Å². The van der Waals surface area contributed by atoms with Crippen LogP contribution in [0.2, 0.25) is 0 Å². The van der Waals surface area contributed by atoms with E-state index in [1.165, 1.54) is 6.92 Å². The minimum atomic E-state index is -0.371. The Hall–Kier alpha value is -1.39. The van der Waals surface area contributed by atoms with Gasteiger partial charge in [0.2, 0.25) is 11.8 Å². The Bertz CT molecular complexity index is 249. The van der Waals surface area contributed by atoms with Gasteiger partial charge in [-0.15, -0.1) is 0 Å². The molecule has 1 aliphatic heterocycles. The van der Waals surface area contributed by atoms with Gasteiger partial charge in [0.15, 0.2) is 0 Å². The summed E-state index contributed by atoms with van der Waals surface area (Å²) in [5.41, 5.74) is 0. The number of hydrogen-bond donors (Lipinski definition) is 1. The maximum atomic E-state index is 11.0. The average Bonchev–Trinajstić information content (AvgIpc) is 2.29. The monoisotopic (exact) mass is 185 g/mol. The van der Waals surface area contributed by atoms with E-state index in [9.17, 15) is 14.4 Å². The first kappa shape index (κ1) is 9.70. The van der Waals surface area contributed by atoms with Crippen molar-refractivity contribution >= 4 is 17.8 Å². The van der Waals surface area contributed by atoms with Gasteiger partial charge in [-0.25, -0.2) is 0 Å². The number of carbonyl (C=O) groups excluding carboxylic acids is 3. The Labute approximate surface area is 75.4 Å². The SMILES string of the molecule is CC(=O)OCCC1CC(=O)NC1=O. The Morgan fingerprint density at radius 3 is 2.77 bits per heavy atom. The van der Waals surface area contributed by atoms with Gasteiger partial charge in [0.1, 0.15) is 0 Å². The molecule has 2 amide bonds. The average molecular weight is 185 g/mol. The second-order valence-corrected chi connectivity index (χ2v) is 2.94. The smallest absolute Gasteiger partial charge is 0.302 e. The largest absolute Gasteiger partial charge is 0.466 e. The summed E-state index contributed by atoms with van der Waals surface area (Å²) in [6.45, 7) is 1.50. The zero-order chi connectivity index (χ0) is 9.84. The van der Waals surface area contributed by atoms with Gasteiger partial charge in [-0.1, -0.05) is 0 Å². The maximum absolute atomic E-state index is 11.0. The molecule has 0 aromatic carbocycles. The van der Waals surface area contributed by atoms with E-state index in [2.05, 4.69) is 10.1 Å². The zero-order valence-electron chi connectivity index (χ0n) is 7.33. The second kappa shape index (κ2) is 4.02. The minimum Gasteiger partial charge on any atom is -0.466 e. The van der Waals surface area contributed by atoms with Crippen LogP contribution in [0.15, 0.2) is 0 Å². The predicted molar refractivity (Wildman–Crippen MR) is 42.5 cm³/mol. The van der Waals surface area contributed by atoms with Gasteiger partial charge in [0, 0.05) is 13.3 Å². The molecular weight excluding hydrogens is 174 g/mol. The molecule has 1 unspecified atom stereocenters. The molecule has 1 heterocycles. The lowest BCUT2D eigenvalue weighted by Gasteiger charge is -2.04. The summed E-state index contributed by atoms with van der Waals surface area (Å²) in [4.78, 5) is 32.1. The summed E-state index contributed by atoms with van der Waals surface area (Å²) < 4.78 is 4.66. The summed E-state index contributed by atoms with van der Waals surface area (Å²) in [6.07, 6.45) is 0.622. The van der Waals surface area contributed by atoms with Crippen molar-refractivity contribution < 1.29 is 19.1 Å². The Morgan fingerprint density at radius 1 is 1.62 bits per heavy atom. The molecular formula is C8H11NO4. The van der Waals surface area contributed by atoms with Crippen molar-refractivity contribution in [3.63, 3.8) is 0 Å². The van der Waals surface area contributed by atoms with Crippen LogP contribution in [-0.4, -0.2) is 24.4 Å². The van der Waals surface area contributed by atoms with E-state index in [4.69, 9.17) is 0 Å². The van der Waals surface area contributed by atoms with Crippen LogP contribution < -0.4 is 5.32 Å². The summed E-state index contributed by atoms with van der Waals surface area (Å²) in [6, 6.07) is 0. The summed E-state index contributed by atoms with van der Waals surface area (Å²) in [5, 5.41) is 2.19. The molecule has 5 nitrogen and oxygen atoms in total. The molecule has 0 spiro atoms. The van der Waals surface area contributed by atoms with Crippen LogP contribution >= 0.6 is 0 Å². The summed E-state index contributed by atoms with van der Waals surface area (Å²) in [7, 11) is 0. The topological polar surface area (TPSA) is 72.5 Å². The normalized spacial score (nSPS) is 21.5. The highest BCUT2D eigenvalue weighted by Gasteiger charge is 2.29. The lowest BCUT2D eigenvalue weighted by atomic mass is 10.1. The number of esters is 1. The Morgan fingerprint density at radius 2 is 2.31 bits per heavy atom. The molecule has 1 aliphatic rings. The predicted octanol–water partition coefficient (Wildman–Crippen LogP) is -0.398. The maximum Gasteiger partial charge on any atom is 0.302 e. The van der Waals surface area contributed by atoms with Gasteiger partial charge in [-0.2, -0.15) is 0 Å². The molecule has 0 radical (unpaired) electrons. The van der Waals surface area contributed by atoms with Gasteiger partial charge in [0.05, 0.1) is 12.5 Å². The fraction of sp³-hybridized carbons (Fsp3) is 0.625. The van der Waals surface area contributed by atoms with E-state index >= 15 is 0 Å². The molecule has 0 aliphatic carbocycles. The molecule has 1 atom stereocenters. The third kappa shape index (κ3) is 2.85. The first-order valence-electron chi connectivity index (χ1n) is 4.06. The van der Waals surface area contributed by atoms with Crippen molar-refractivity contribution in [3.8, 4) is 0 Å². The second-order valence-electron chi connectivity index (χ2n) is 2.94. The molecule has 0 aromatic rings. The van der Waals surface area contributed by atoms with Crippen LogP contribution in [0.5, 0.6) is 0 Å². The van der Waals surface area contributed by atoms with Crippen molar-refractivity contribution in [1.82, 2.24) is 5.32 Å². The van der Waals surface area contributed by atoms with Crippen LogP contribution in [0.1, 0.15) is 19.8 Å². The lowest BCUT2D eigenvalue weighted by Crippen LogP contribution is -2.22. The molecule has 0 aromatic heterocycles. The van der Waals surface area contributed by atoms with E-state index in [1.54, 1.807) is 0 Å². The van der Waals surface area contributed by atoms with Crippen molar-refractivity contribution in [2.75, 3.05) is 6.61 Å². The van der Waals surface area contributed by atoms with E-state index in [-0.39, 0.29) is 36.7 Å². The first-order chi connectivity index (χ1) is 6.09. The highest BCUT2D eigenvalue weighted by Crippen LogP contribution is 2.14. The van der Waals surface area contributed by atoms with Crippen LogP contribution in [0, 0.1) is 5.92 Å². The number of ether oxygens (including phenoxy) is 1. The number of amides is 2. The fourth-order valence-corrected chi connectivity index (χ4v) is 1.19. The van der Waals surface area contributed by atoms with Crippen molar-refractivity contribution in [2.24, 2.45) is 5.92 Å². The molecule has 13 heavy (non-hydrogen) atoms. The summed E-state index contributed by atoms with van der Waals surface area (Å²) >= 11 is 0. The molecule has 72 valence electrons. The highest BCUT2D eigenvalue weighted by molar-refractivity contribution is 6.03. The van der Waals surface area contributed by atoms with Crippen LogP contribution in [-0.2, 0) is 19.1 Å². The minimum absolute atomic E-state index is 0.195. The quantitative estimate of drug-likeness (QED) is 0.479. The number of rotatable bonds is 3. The molecule has 1 saturated heterocycles. The summed E-state index contributed by atoms with van der Waals surface area (Å²) in [5.74, 6) is -1.22. The Kier molecular flexibility index (Phi) is 3.00. The van der Waals surface area contributed by atoms with Crippen molar-refractivity contribution in [1.29, 1.82) is 0 Å². The molecule has 1 fully saturated rings. The van der Waals surface area contributed by atoms with Crippen molar-refractivity contribution in [3.05, 3.63) is 0 Å². The number of carbonyl (C=O) groups is 3. The Balaban J connectivity index is 2.26. The number of imide groups is 1. The zero-order valence-corrected chi connectivity index (χ0v) is 7.33. The highest BCUT2D eigenvalue weighted by atomic mass is 16.5. The van der Waals surface area contributed by atoms with E-state index in [1.807, 2.05) is 0 Å². The lowest BCUT2D eigenvalue weighted by molar-refractivity contribution is -0.142. The first-order valence-corrected chi connectivity index (χ1v) is 4.06. The van der Waals surface area contributed by atoms with Crippen LogP contribution in [0.4, 0.5) is 0 Å². The molecule has 1 rings (SSSR count).